The highest BCUT2D eigenvalue weighted by Gasteiger charge is 2.21. The number of carbonyl (C=O) groups is 1. The van der Waals surface area contributed by atoms with E-state index in [2.05, 4.69) is 18.8 Å². The van der Waals surface area contributed by atoms with Crippen molar-refractivity contribution in [2.24, 2.45) is 0 Å². The van der Waals surface area contributed by atoms with Crippen molar-refractivity contribution >= 4 is 15.2 Å². The minimum absolute atomic E-state index is 0.0918. The average Bonchev–Trinajstić information content (AvgIpc) is 2.19. The normalized spacial score (nSPS) is 12.6. The van der Waals surface area contributed by atoms with Crippen molar-refractivity contribution in [1.29, 1.82) is 0 Å². The Morgan fingerprint density at radius 1 is 1.47 bits per heavy atom. The zero-order valence-corrected chi connectivity index (χ0v) is 10.9. The van der Waals surface area contributed by atoms with Crippen LogP contribution in [-0.4, -0.2) is 36.0 Å². The van der Waals surface area contributed by atoms with E-state index in [-0.39, 0.29) is 5.91 Å². The Kier molecular flexibility index (Phi) is 7.28. The molecule has 0 aliphatic rings. The van der Waals surface area contributed by atoms with Crippen LogP contribution in [0.5, 0.6) is 0 Å². The highest BCUT2D eigenvalue weighted by Crippen LogP contribution is 2.14. The summed E-state index contributed by atoms with van der Waals surface area (Å²) in [6.07, 6.45) is 0.856. The van der Waals surface area contributed by atoms with E-state index in [4.69, 9.17) is 8.85 Å². The first-order chi connectivity index (χ1) is 7.02. The van der Waals surface area contributed by atoms with Gasteiger partial charge in [-0.3, -0.25) is 4.79 Å². The molecule has 5 heteroatoms. The largest absolute Gasteiger partial charge is 0.397 e. The molecule has 0 saturated carbocycles. The van der Waals surface area contributed by atoms with E-state index < -0.39 is 9.28 Å². The molecule has 1 radical (unpaired) electrons. The Labute approximate surface area is 93.5 Å². The smallest absolute Gasteiger partial charge is 0.387 e. The van der Waals surface area contributed by atoms with Gasteiger partial charge in [-0.2, -0.15) is 0 Å². The monoisotopic (exact) mass is 230 g/mol. The minimum Gasteiger partial charge on any atom is -0.397 e. The van der Waals surface area contributed by atoms with Crippen LogP contribution in [0.2, 0.25) is 5.54 Å². The molecule has 15 heavy (non-hydrogen) atoms. The molecule has 0 bridgehead atoms. The molecule has 1 amide bonds. The van der Waals surface area contributed by atoms with E-state index in [9.17, 15) is 4.79 Å². The van der Waals surface area contributed by atoms with Crippen LogP contribution in [0.4, 0.5) is 0 Å². The summed E-state index contributed by atoms with van der Waals surface area (Å²) in [4.78, 5) is 11.2. The Morgan fingerprint density at radius 2 is 2.00 bits per heavy atom. The van der Waals surface area contributed by atoms with Crippen LogP contribution in [0.1, 0.15) is 20.3 Å². The predicted octanol–water partition coefficient (Wildman–Crippen LogP) is 1.24. The standard InChI is InChI=1S/C10H20NO3Si/c1-8(2)10(12)11-7-6-9(3)15(13-4)14-5/h9H,1,6-7H2,2-5H3,(H,11,12). The Balaban J connectivity index is 3.76. The van der Waals surface area contributed by atoms with Crippen LogP contribution in [0.3, 0.4) is 0 Å². The van der Waals surface area contributed by atoms with Crippen LogP contribution >= 0.6 is 0 Å². The van der Waals surface area contributed by atoms with Crippen molar-refractivity contribution < 1.29 is 13.6 Å². The second kappa shape index (κ2) is 7.61. The third-order valence-electron chi connectivity index (χ3n) is 2.06. The second-order valence-electron chi connectivity index (χ2n) is 3.45. The van der Waals surface area contributed by atoms with Gasteiger partial charge in [0.25, 0.3) is 0 Å². The average molecular weight is 230 g/mol. The van der Waals surface area contributed by atoms with Gasteiger partial charge in [0.05, 0.1) is 0 Å². The summed E-state index contributed by atoms with van der Waals surface area (Å²) in [5.41, 5.74) is 0.877. The molecule has 4 nitrogen and oxygen atoms in total. The summed E-state index contributed by atoms with van der Waals surface area (Å²) in [6.45, 7) is 7.95. The zero-order valence-electron chi connectivity index (χ0n) is 9.92. The van der Waals surface area contributed by atoms with Gasteiger partial charge in [0, 0.05) is 31.9 Å². The first-order valence-electron chi connectivity index (χ1n) is 4.91. The molecular weight excluding hydrogens is 210 g/mol. The summed E-state index contributed by atoms with van der Waals surface area (Å²) in [5, 5.41) is 2.78. The number of hydrogen-bond acceptors (Lipinski definition) is 3. The summed E-state index contributed by atoms with van der Waals surface area (Å²) in [6, 6.07) is 0. The predicted molar refractivity (Wildman–Crippen MR) is 61.6 cm³/mol. The number of rotatable bonds is 7. The van der Waals surface area contributed by atoms with Crippen molar-refractivity contribution in [3.63, 3.8) is 0 Å². The van der Waals surface area contributed by atoms with Crippen molar-refractivity contribution in [3.05, 3.63) is 12.2 Å². The molecule has 1 atom stereocenters. The van der Waals surface area contributed by atoms with E-state index in [1.54, 1.807) is 21.1 Å². The van der Waals surface area contributed by atoms with E-state index >= 15 is 0 Å². The molecule has 1 N–H and O–H groups in total. The van der Waals surface area contributed by atoms with Crippen molar-refractivity contribution in [3.8, 4) is 0 Å². The maximum absolute atomic E-state index is 11.2. The SMILES string of the molecule is C=C(C)C(=O)NCCC(C)[Si](OC)OC. The van der Waals surface area contributed by atoms with Crippen LogP contribution in [0.25, 0.3) is 0 Å². The fraction of sp³-hybridized carbons (Fsp3) is 0.700. The molecule has 0 aromatic heterocycles. The second-order valence-corrected chi connectivity index (χ2v) is 5.89. The highest BCUT2D eigenvalue weighted by molar-refractivity contribution is 6.46. The fourth-order valence-corrected chi connectivity index (χ4v) is 2.51. The molecule has 0 rings (SSSR count). The lowest BCUT2D eigenvalue weighted by atomic mass is 10.3. The molecule has 0 aliphatic carbocycles. The third kappa shape index (κ3) is 5.71. The van der Waals surface area contributed by atoms with Gasteiger partial charge in [0.15, 0.2) is 0 Å². The number of nitrogens with one attached hydrogen (secondary N) is 1. The first kappa shape index (κ1) is 14.3. The van der Waals surface area contributed by atoms with Gasteiger partial charge in [-0.25, -0.2) is 0 Å². The maximum Gasteiger partial charge on any atom is 0.387 e. The Hall–Kier alpha value is -0.653. The number of hydrogen-bond donors (Lipinski definition) is 1. The lowest BCUT2D eigenvalue weighted by Gasteiger charge is -2.17. The number of carbonyl (C=O) groups excluding carboxylic acids is 1. The molecule has 0 fully saturated rings. The Bertz CT molecular complexity index is 217. The number of amides is 1. The topological polar surface area (TPSA) is 47.6 Å². The quantitative estimate of drug-likeness (QED) is 0.529. The van der Waals surface area contributed by atoms with E-state index in [1.807, 2.05) is 0 Å². The third-order valence-corrected chi connectivity index (χ3v) is 3.95. The maximum atomic E-state index is 11.2. The molecule has 87 valence electrons. The lowest BCUT2D eigenvalue weighted by Crippen LogP contribution is -2.30. The van der Waals surface area contributed by atoms with Gasteiger partial charge in [0.2, 0.25) is 5.91 Å². The van der Waals surface area contributed by atoms with Gasteiger partial charge >= 0.3 is 9.28 Å². The first-order valence-corrected chi connectivity index (χ1v) is 6.30. The summed E-state index contributed by atoms with van der Waals surface area (Å²) in [5.74, 6) is -0.0918. The van der Waals surface area contributed by atoms with Gasteiger partial charge in [-0.05, 0) is 13.3 Å². The van der Waals surface area contributed by atoms with Crippen molar-refractivity contribution in [1.82, 2.24) is 5.32 Å². The van der Waals surface area contributed by atoms with Gasteiger partial charge in [-0.15, -0.1) is 0 Å². The van der Waals surface area contributed by atoms with Gasteiger partial charge in [-0.1, -0.05) is 13.5 Å². The van der Waals surface area contributed by atoms with Crippen molar-refractivity contribution in [2.75, 3.05) is 20.8 Å². The van der Waals surface area contributed by atoms with Gasteiger partial charge in [0.1, 0.15) is 0 Å². The van der Waals surface area contributed by atoms with Crippen LogP contribution in [0.15, 0.2) is 12.2 Å². The molecule has 0 heterocycles. The molecule has 1 unspecified atom stereocenters. The molecule has 0 aliphatic heterocycles. The van der Waals surface area contributed by atoms with E-state index in [0.717, 1.165) is 6.42 Å². The summed E-state index contributed by atoms with van der Waals surface area (Å²) >= 11 is 0. The summed E-state index contributed by atoms with van der Waals surface area (Å²) < 4.78 is 10.4. The molecular formula is C10H20NO3Si. The van der Waals surface area contributed by atoms with Crippen molar-refractivity contribution in [2.45, 2.75) is 25.8 Å². The summed E-state index contributed by atoms with van der Waals surface area (Å²) in [7, 11) is 2.11. The van der Waals surface area contributed by atoms with Crippen LogP contribution < -0.4 is 5.32 Å². The molecule has 0 spiro atoms. The van der Waals surface area contributed by atoms with E-state index in [1.165, 1.54) is 0 Å². The zero-order chi connectivity index (χ0) is 11.8. The molecule has 0 aromatic carbocycles. The van der Waals surface area contributed by atoms with E-state index in [0.29, 0.717) is 17.7 Å². The van der Waals surface area contributed by atoms with Gasteiger partial charge < -0.3 is 14.2 Å². The molecule has 0 saturated heterocycles. The van der Waals surface area contributed by atoms with Crippen LogP contribution in [-0.2, 0) is 13.6 Å². The van der Waals surface area contributed by atoms with Crippen LogP contribution in [0, 0.1) is 0 Å². The Morgan fingerprint density at radius 3 is 2.40 bits per heavy atom. The fourth-order valence-electron chi connectivity index (χ4n) is 1.16. The lowest BCUT2D eigenvalue weighted by molar-refractivity contribution is -0.117. The minimum atomic E-state index is -1.19. The molecule has 0 aromatic rings. The highest BCUT2D eigenvalue weighted by atomic mass is 28.3.